The summed E-state index contributed by atoms with van der Waals surface area (Å²) in [5, 5.41) is 3.13. The minimum Gasteiger partial charge on any atom is -0.496 e. The summed E-state index contributed by atoms with van der Waals surface area (Å²) in [6.45, 7) is 4.81. The molecule has 0 amide bonds. The van der Waals surface area contributed by atoms with Crippen molar-refractivity contribution in [2.45, 2.75) is 26.3 Å². The van der Waals surface area contributed by atoms with Crippen molar-refractivity contribution in [2.75, 3.05) is 12.4 Å². The summed E-state index contributed by atoms with van der Waals surface area (Å²) in [5.74, 6) is 1.70. The molecule has 0 fully saturated rings. The van der Waals surface area contributed by atoms with E-state index in [2.05, 4.69) is 36.3 Å². The van der Waals surface area contributed by atoms with Crippen molar-refractivity contribution in [1.29, 1.82) is 0 Å². The molecule has 0 aliphatic rings. The first-order valence-electron chi connectivity index (χ1n) is 7.39. The van der Waals surface area contributed by atoms with Gasteiger partial charge in [-0.25, -0.2) is 4.99 Å². The largest absolute Gasteiger partial charge is 0.496 e. The summed E-state index contributed by atoms with van der Waals surface area (Å²) in [5.41, 5.74) is 9.19. The van der Waals surface area contributed by atoms with Crippen LogP contribution in [0.3, 0.4) is 0 Å². The van der Waals surface area contributed by atoms with Gasteiger partial charge in [0.25, 0.3) is 0 Å². The third-order valence-corrected chi connectivity index (χ3v) is 3.44. The van der Waals surface area contributed by atoms with E-state index in [0.717, 1.165) is 17.0 Å². The first kappa shape index (κ1) is 15.9. The molecule has 0 aliphatic heterocycles. The molecule has 2 aromatic rings. The van der Waals surface area contributed by atoms with Crippen molar-refractivity contribution in [3.05, 3.63) is 59.7 Å². The van der Waals surface area contributed by atoms with Gasteiger partial charge in [-0.05, 0) is 29.7 Å². The van der Waals surface area contributed by atoms with Crippen LogP contribution in [0.4, 0.5) is 5.69 Å². The normalized spacial score (nSPS) is 11.5. The lowest BCUT2D eigenvalue weighted by Crippen LogP contribution is -2.22. The van der Waals surface area contributed by atoms with Crippen LogP contribution in [0.25, 0.3) is 0 Å². The molecule has 22 heavy (non-hydrogen) atoms. The van der Waals surface area contributed by atoms with E-state index in [-0.39, 0.29) is 0 Å². The zero-order chi connectivity index (χ0) is 15.9. The number of guanidine groups is 1. The van der Waals surface area contributed by atoms with E-state index >= 15 is 0 Å². The van der Waals surface area contributed by atoms with Crippen molar-refractivity contribution in [1.82, 2.24) is 0 Å². The van der Waals surface area contributed by atoms with E-state index in [0.29, 0.717) is 18.4 Å². The first-order valence-corrected chi connectivity index (χ1v) is 7.39. The third kappa shape index (κ3) is 4.25. The first-order chi connectivity index (χ1) is 10.6. The number of benzene rings is 2. The molecule has 0 spiro atoms. The third-order valence-electron chi connectivity index (χ3n) is 3.44. The van der Waals surface area contributed by atoms with Crippen LogP contribution in [0.15, 0.2) is 53.5 Å². The van der Waals surface area contributed by atoms with Gasteiger partial charge >= 0.3 is 0 Å². The molecular formula is C18H23N3O. The van der Waals surface area contributed by atoms with E-state index in [1.165, 1.54) is 5.56 Å². The van der Waals surface area contributed by atoms with Crippen molar-refractivity contribution in [3.63, 3.8) is 0 Å². The number of nitrogens with one attached hydrogen (secondary N) is 1. The Kier molecular flexibility index (Phi) is 5.42. The fourth-order valence-corrected chi connectivity index (χ4v) is 2.17. The van der Waals surface area contributed by atoms with Crippen molar-refractivity contribution >= 4 is 11.6 Å². The summed E-state index contributed by atoms with van der Waals surface area (Å²) >= 11 is 0. The fourth-order valence-electron chi connectivity index (χ4n) is 2.17. The van der Waals surface area contributed by atoms with E-state index in [9.17, 15) is 0 Å². The predicted octanol–water partition coefficient (Wildman–Crippen LogP) is 3.75. The zero-order valence-corrected chi connectivity index (χ0v) is 13.3. The summed E-state index contributed by atoms with van der Waals surface area (Å²) < 4.78 is 5.31. The number of hydrogen-bond acceptors (Lipinski definition) is 2. The van der Waals surface area contributed by atoms with Crippen LogP contribution in [0.1, 0.15) is 30.9 Å². The topological polar surface area (TPSA) is 59.6 Å². The van der Waals surface area contributed by atoms with Crippen LogP contribution in [-0.4, -0.2) is 13.1 Å². The molecule has 0 atom stereocenters. The Labute approximate surface area is 132 Å². The molecule has 0 unspecified atom stereocenters. The molecule has 0 radical (unpaired) electrons. The van der Waals surface area contributed by atoms with Gasteiger partial charge in [0.2, 0.25) is 0 Å². The highest BCUT2D eigenvalue weighted by atomic mass is 16.5. The average Bonchev–Trinajstić information content (AvgIpc) is 2.53. The second-order valence-corrected chi connectivity index (χ2v) is 5.42. The Morgan fingerprint density at radius 1 is 1.18 bits per heavy atom. The highest BCUT2D eigenvalue weighted by Gasteiger charge is 2.03. The smallest absolute Gasteiger partial charge is 0.193 e. The van der Waals surface area contributed by atoms with Gasteiger partial charge in [-0.1, -0.05) is 44.2 Å². The summed E-state index contributed by atoms with van der Waals surface area (Å²) in [6.07, 6.45) is 0. The maximum atomic E-state index is 5.97. The van der Waals surface area contributed by atoms with Crippen LogP contribution in [0, 0.1) is 0 Å². The van der Waals surface area contributed by atoms with Crippen LogP contribution >= 0.6 is 0 Å². The predicted molar refractivity (Wildman–Crippen MR) is 92.5 cm³/mol. The molecule has 4 nitrogen and oxygen atoms in total. The Hall–Kier alpha value is -2.49. The maximum Gasteiger partial charge on any atom is 0.193 e. The molecule has 0 saturated heterocycles. The molecule has 116 valence electrons. The Balaban J connectivity index is 2.05. The molecular weight excluding hydrogens is 274 g/mol. The van der Waals surface area contributed by atoms with Gasteiger partial charge in [0.05, 0.1) is 13.7 Å². The number of nitrogens with two attached hydrogens (primary N) is 1. The maximum absolute atomic E-state index is 5.97. The number of hydrogen-bond donors (Lipinski definition) is 2. The van der Waals surface area contributed by atoms with Crippen molar-refractivity contribution in [3.8, 4) is 5.75 Å². The summed E-state index contributed by atoms with van der Waals surface area (Å²) in [7, 11) is 1.65. The fraction of sp³-hybridized carbons (Fsp3) is 0.278. The number of ether oxygens (including phenoxy) is 1. The molecule has 3 N–H and O–H groups in total. The average molecular weight is 297 g/mol. The Morgan fingerprint density at radius 2 is 1.95 bits per heavy atom. The van der Waals surface area contributed by atoms with E-state index < -0.39 is 0 Å². The van der Waals surface area contributed by atoms with Crippen LogP contribution in [0.5, 0.6) is 5.75 Å². The number of methoxy groups -OCH3 is 1. The van der Waals surface area contributed by atoms with Crippen LogP contribution < -0.4 is 15.8 Å². The van der Waals surface area contributed by atoms with Gasteiger partial charge in [-0.15, -0.1) is 0 Å². The molecule has 4 heteroatoms. The Morgan fingerprint density at radius 3 is 2.68 bits per heavy atom. The molecule has 0 bridgehead atoms. The molecule has 0 aliphatic carbocycles. The number of anilines is 1. The van der Waals surface area contributed by atoms with Gasteiger partial charge in [0, 0.05) is 11.3 Å². The van der Waals surface area contributed by atoms with Crippen molar-refractivity contribution in [2.24, 2.45) is 10.7 Å². The number of aliphatic imine (C=N–C) groups is 1. The monoisotopic (exact) mass is 297 g/mol. The minimum absolute atomic E-state index is 0.395. The van der Waals surface area contributed by atoms with Crippen LogP contribution in [0.2, 0.25) is 0 Å². The number of rotatable bonds is 5. The summed E-state index contributed by atoms with van der Waals surface area (Å²) in [6, 6.07) is 16.0. The molecule has 0 heterocycles. The molecule has 2 rings (SSSR count). The molecule has 0 aromatic heterocycles. The van der Waals surface area contributed by atoms with E-state index in [1.807, 2.05) is 36.4 Å². The minimum atomic E-state index is 0.395. The zero-order valence-electron chi connectivity index (χ0n) is 13.3. The second-order valence-electron chi connectivity index (χ2n) is 5.42. The van der Waals surface area contributed by atoms with Gasteiger partial charge in [-0.2, -0.15) is 0 Å². The van der Waals surface area contributed by atoms with Crippen LogP contribution in [-0.2, 0) is 6.54 Å². The van der Waals surface area contributed by atoms with Gasteiger partial charge in [0.1, 0.15) is 5.75 Å². The molecule has 2 aromatic carbocycles. The van der Waals surface area contributed by atoms with E-state index in [4.69, 9.17) is 10.5 Å². The second kappa shape index (κ2) is 7.50. The van der Waals surface area contributed by atoms with Gasteiger partial charge in [-0.3, -0.25) is 0 Å². The summed E-state index contributed by atoms with van der Waals surface area (Å²) in [4.78, 5) is 4.38. The molecule has 0 saturated carbocycles. The highest BCUT2D eigenvalue weighted by Crippen LogP contribution is 2.19. The SMILES string of the molecule is COc1ccccc1CN=C(N)Nc1cccc(C(C)C)c1. The quantitative estimate of drug-likeness (QED) is 0.653. The van der Waals surface area contributed by atoms with Crippen molar-refractivity contribution < 1.29 is 4.74 Å². The lowest BCUT2D eigenvalue weighted by molar-refractivity contribution is 0.410. The lowest BCUT2D eigenvalue weighted by Gasteiger charge is -2.10. The lowest BCUT2D eigenvalue weighted by atomic mass is 10.0. The van der Waals surface area contributed by atoms with E-state index in [1.54, 1.807) is 7.11 Å². The Bertz CT molecular complexity index is 650. The van der Waals surface area contributed by atoms with Gasteiger partial charge in [0.15, 0.2) is 5.96 Å². The standard InChI is InChI=1S/C18H23N3O/c1-13(2)14-8-6-9-16(11-14)21-18(19)20-12-15-7-4-5-10-17(15)22-3/h4-11,13H,12H2,1-3H3,(H3,19,20,21). The number of para-hydroxylation sites is 1. The highest BCUT2D eigenvalue weighted by molar-refractivity contribution is 5.92. The number of nitrogens with zero attached hydrogens (tertiary/aromatic N) is 1. The van der Waals surface area contributed by atoms with Gasteiger partial charge < -0.3 is 15.8 Å².